The van der Waals surface area contributed by atoms with Crippen molar-refractivity contribution in [2.75, 3.05) is 0 Å². The van der Waals surface area contributed by atoms with Crippen LogP contribution in [0.25, 0.3) is 6.08 Å². The molecule has 1 aromatic carbocycles. The van der Waals surface area contributed by atoms with Gasteiger partial charge >= 0.3 is 0 Å². The maximum atomic E-state index is 13.4. The van der Waals surface area contributed by atoms with Crippen LogP contribution in [0.2, 0.25) is 0 Å². The van der Waals surface area contributed by atoms with Crippen LogP contribution in [0, 0.1) is 5.82 Å². The first-order chi connectivity index (χ1) is 14.2. The van der Waals surface area contributed by atoms with E-state index in [1.54, 1.807) is 18.3 Å². The monoisotopic (exact) mass is 385 g/mol. The number of Topliss-reactive ketones (excluding diaryl/α,β-unsaturated/α-hetero) is 1. The molecule has 2 aromatic rings. The summed E-state index contributed by atoms with van der Waals surface area (Å²) in [5.41, 5.74) is 6.56. The topological polar surface area (TPSA) is 54.7 Å². The van der Waals surface area contributed by atoms with Gasteiger partial charge in [-0.05, 0) is 66.3 Å². The Bertz CT molecular complexity index is 1090. The van der Waals surface area contributed by atoms with E-state index in [9.17, 15) is 9.18 Å². The van der Waals surface area contributed by atoms with Gasteiger partial charge < -0.3 is 0 Å². The van der Waals surface area contributed by atoms with Gasteiger partial charge in [-0.25, -0.2) is 4.39 Å². The molecule has 0 bridgehead atoms. The first kappa shape index (κ1) is 17.9. The van der Waals surface area contributed by atoms with E-state index in [1.807, 2.05) is 24.3 Å². The third kappa shape index (κ3) is 3.27. The van der Waals surface area contributed by atoms with Gasteiger partial charge in [-0.1, -0.05) is 18.2 Å². The molecule has 1 aliphatic heterocycles. The largest absolute Gasteiger partial charge is 0.294 e. The summed E-state index contributed by atoms with van der Waals surface area (Å²) in [6.07, 6.45) is 7.58. The molecule has 2 aliphatic carbocycles. The Morgan fingerprint density at radius 1 is 1.03 bits per heavy atom. The number of aromatic nitrogens is 1. The first-order valence-electron chi connectivity index (χ1n) is 9.99. The van der Waals surface area contributed by atoms with Crippen LogP contribution < -0.4 is 0 Å². The third-order valence-electron chi connectivity index (χ3n) is 5.74. The molecule has 1 atom stereocenters. The summed E-state index contributed by atoms with van der Waals surface area (Å²) in [5.74, 6) is -0.0809. The van der Waals surface area contributed by atoms with Gasteiger partial charge in [0.25, 0.3) is 0 Å². The van der Waals surface area contributed by atoms with Crippen LogP contribution in [0.4, 0.5) is 4.39 Å². The molecule has 0 saturated heterocycles. The maximum absolute atomic E-state index is 13.4. The Kier molecular flexibility index (Phi) is 4.51. The van der Waals surface area contributed by atoms with Crippen molar-refractivity contribution in [3.63, 3.8) is 0 Å². The van der Waals surface area contributed by atoms with Crippen molar-refractivity contribution < 1.29 is 9.18 Å². The molecular formula is C24H20FN3O. The molecule has 0 radical (unpaired) electrons. The molecule has 4 nitrogen and oxygen atoms in total. The number of hydrogen-bond donors (Lipinski definition) is 0. The number of pyridine rings is 1. The number of azo groups is 1. The van der Waals surface area contributed by atoms with Crippen LogP contribution in [0.1, 0.15) is 49.4 Å². The standard InChI is InChI=1S/C24H20FN3O/c25-17-10-8-15(9-11-17)24-23-19-6-1-2-7-21(29)22(19)16(14-20(23)27-28-24)13-18-5-3-4-12-26-18/h3-5,8-13,24H,1-2,6-7,14H2/b16-13+. The van der Waals surface area contributed by atoms with Crippen LogP contribution >= 0.6 is 0 Å². The first-order valence-corrected chi connectivity index (χ1v) is 9.99. The molecule has 0 N–H and O–H groups in total. The Hall–Kier alpha value is -3.21. The summed E-state index contributed by atoms with van der Waals surface area (Å²) in [5, 5.41) is 8.99. The average molecular weight is 385 g/mol. The molecule has 2 heterocycles. The lowest BCUT2D eigenvalue weighted by molar-refractivity contribution is -0.115. The minimum absolute atomic E-state index is 0.191. The summed E-state index contributed by atoms with van der Waals surface area (Å²) in [6, 6.07) is 11.9. The van der Waals surface area contributed by atoms with Crippen molar-refractivity contribution in [1.82, 2.24) is 4.98 Å². The number of carbonyl (C=O) groups is 1. The lowest BCUT2D eigenvalue weighted by Crippen LogP contribution is -2.15. The Morgan fingerprint density at radius 2 is 1.86 bits per heavy atom. The lowest BCUT2D eigenvalue weighted by Gasteiger charge is -2.25. The van der Waals surface area contributed by atoms with E-state index in [-0.39, 0.29) is 17.6 Å². The molecule has 1 aromatic heterocycles. The second kappa shape index (κ2) is 7.32. The second-order valence-corrected chi connectivity index (χ2v) is 7.61. The predicted molar refractivity (Wildman–Crippen MR) is 108 cm³/mol. The molecular weight excluding hydrogens is 365 g/mol. The summed E-state index contributed by atoms with van der Waals surface area (Å²) in [7, 11) is 0. The Balaban J connectivity index is 1.63. The fraction of sp³-hybridized carbons (Fsp3) is 0.250. The number of fused-ring (bicyclic) bond motifs is 1. The van der Waals surface area contributed by atoms with Crippen molar-refractivity contribution in [1.29, 1.82) is 0 Å². The van der Waals surface area contributed by atoms with Crippen molar-refractivity contribution >= 4 is 11.9 Å². The smallest absolute Gasteiger partial charge is 0.163 e. The highest BCUT2D eigenvalue weighted by molar-refractivity contribution is 6.03. The number of carbonyl (C=O) groups excluding carboxylic acids is 1. The van der Waals surface area contributed by atoms with E-state index in [4.69, 9.17) is 0 Å². The van der Waals surface area contributed by atoms with E-state index in [2.05, 4.69) is 15.2 Å². The normalized spacial score (nSPS) is 22.7. The van der Waals surface area contributed by atoms with Crippen LogP contribution in [-0.4, -0.2) is 10.8 Å². The highest BCUT2D eigenvalue weighted by Gasteiger charge is 2.37. The Labute approximate surface area is 168 Å². The minimum atomic E-state index is -0.272. The summed E-state index contributed by atoms with van der Waals surface area (Å²) in [6.45, 7) is 0. The SMILES string of the molecule is O=C1CCCCC2=C1/C(=C/c1ccccn1)CC1=C2C(c2ccc(F)cc2)N=N1. The molecule has 0 spiro atoms. The van der Waals surface area contributed by atoms with E-state index in [0.29, 0.717) is 12.8 Å². The van der Waals surface area contributed by atoms with Crippen molar-refractivity contribution in [3.8, 4) is 0 Å². The van der Waals surface area contributed by atoms with Crippen molar-refractivity contribution in [2.24, 2.45) is 10.2 Å². The van der Waals surface area contributed by atoms with Crippen molar-refractivity contribution in [3.05, 3.63) is 93.7 Å². The molecule has 0 saturated carbocycles. The summed E-state index contributed by atoms with van der Waals surface area (Å²) < 4.78 is 13.4. The average Bonchev–Trinajstić information content (AvgIpc) is 3.06. The van der Waals surface area contributed by atoms with E-state index < -0.39 is 0 Å². The molecule has 29 heavy (non-hydrogen) atoms. The van der Waals surface area contributed by atoms with Crippen LogP contribution in [0.5, 0.6) is 0 Å². The molecule has 0 amide bonds. The zero-order valence-corrected chi connectivity index (χ0v) is 15.9. The van der Waals surface area contributed by atoms with Crippen LogP contribution in [0.15, 0.2) is 86.9 Å². The van der Waals surface area contributed by atoms with Gasteiger partial charge in [-0.3, -0.25) is 9.78 Å². The second-order valence-electron chi connectivity index (χ2n) is 7.61. The maximum Gasteiger partial charge on any atom is 0.163 e. The van der Waals surface area contributed by atoms with Gasteiger partial charge in [0.1, 0.15) is 11.9 Å². The van der Waals surface area contributed by atoms with Gasteiger partial charge in [0.15, 0.2) is 5.78 Å². The third-order valence-corrected chi connectivity index (χ3v) is 5.74. The number of nitrogens with zero attached hydrogens (tertiary/aromatic N) is 3. The lowest BCUT2D eigenvalue weighted by atomic mass is 9.78. The van der Waals surface area contributed by atoms with Gasteiger partial charge in [0.2, 0.25) is 0 Å². The fourth-order valence-corrected chi connectivity index (χ4v) is 4.42. The molecule has 144 valence electrons. The number of rotatable bonds is 2. The van der Waals surface area contributed by atoms with E-state index >= 15 is 0 Å². The van der Waals surface area contributed by atoms with E-state index in [0.717, 1.165) is 58.5 Å². The van der Waals surface area contributed by atoms with Gasteiger partial charge in [0.05, 0.1) is 11.4 Å². The highest BCUT2D eigenvalue weighted by atomic mass is 19.1. The zero-order chi connectivity index (χ0) is 19.8. The van der Waals surface area contributed by atoms with Crippen LogP contribution in [-0.2, 0) is 4.79 Å². The van der Waals surface area contributed by atoms with Crippen LogP contribution in [0.3, 0.4) is 0 Å². The summed E-state index contributed by atoms with van der Waals surface area (Å²) in [4.78, 5) is 17.5. The van der Waals surface area contributed by atoms with Gasteiger partial charge in [-0.15, -0.1) is 0 Å². The molecule has 0 fully saturated rings. The highest BCUT2D eigenvalue weighted by Crippen LogP contribution is 2.49. The van der Waals surface area contributed by atoms with E-state index in [1.165, 1.54) is 12.1 Å². The van der Waals surface area contributed by atoms with Crippen molar-refractivity contribution in [2.45, 2.75) is 38.1 Å². The fourth-order valence-electron chi connectivity index (χ4n) is 4.42. The molecule has 5 rings (SSSR count). The molecule has 3 aliphatic rings. The predicted octanol–water partition coefficient (Wildman–Crippen LogP) is 5.91. The molecule has 5 heteroatoms. The van der Waals surface area contributed by atoms with Gasteiger partial charge in [0, 0.05) is 30.2 Å². The Morgan fingerprint density at radius 3 is 2.66 bits per heavy atom. The minimum Gasteiger partial charge on any atom is -0.294 e. The number of allylic oxidation sites excluding steroid dienone is 2. The number of hydrogen-bond acceptors (Lipinski definition) is 4. The zero-order valence-electron chi connectivity index (χ0n) is 15.9. The number of ketones is 1. The number of halogens is 1. The number of benzene rings is 1. The summed E-state index contributed by atoms with van der Waals surface area (Å²) >= 11 is 0. The quantitative estimate of drug-likeness (QED) is 0.645. The van der Waals surface area contributed by atoms with Gasteiger partial charge in [-0.2, -0.15) is 10.2 Å². The molecule has 1 unspecified atom stereocenters.